The van der Waals surface area contributed by atoms with Crippen molar-refractivity contribution in [3.05, 3.63) is 64.2 Å². The monoisotopic (exact) mass is 311 g/mol. The third-order valence-corrected chi connectivity index (χ3v) is 3.74. The molecule has 23 heavy (non-hydrogen) atoms. The minimum Gasteiger partial charge on any atom is -0.492 e. The zero-order valence-corrected chi connectivity index (χ0v) is 14.4. The van der Waals surface area contributed by atoms with Crippen molar-refractivity contribution in [3.8, 4) is 5.75 Å². The van der Waals surface area contributed by atoms with E-state index < -0.39 is 0 Å². The highest BCUT2D eigenvalue weighted by Crippen LogP contribution is 2.16. The Morgan fingerprint density at radius 3 is 2.30 bits per heavy atom. The summed E-state index contributed by atoms with van der Waals surface area (Å²) in [6, 6.07) is 12.3. The number of rotatable bonds is 6. The molecular formula is C20H25NO2. The molecule has 1 amide bonds. The summed E-state index contributed by atoms with van der Waals surface area (Å²) in [5, 5.41) is 2.91. The van der Waals surface area contributed by atoms with Crippen LogP contribution in [-0.4, -0.2) is 19.1 Å². The second-order valence-electron chi connectivity index (χ2n) is 6.13. The summed E-state index contributed by atoms with van der Waals surface area (Å²) in [6.07, 6.45) is 0.412. The molecule has 0 radical (unpaired) electrons. The van der Waals surface area contributed by atoms with Gasteiger partial charge in [-0.3, -0.25) is 4.79 Å². The summed E-state index contributed by atoms with van der Waals surface area (Å²) in [4.78, 5) is 12.0. The number of benzene rings is 2. The standard InChI is InChI=1S/C20H25NO2/c1-14-5-6-18(17(4)10-14)13-20(22)21-7-8-23-19-11-15(2)9-16(3)12-19/h5-6,9-12H,7-8,13H2,1-4H3,(H,21,22). The Labute approximate surface area is 138 Å². The molecule has 3 heteroatoms. The SMILES string of the molecule is Cc1cc(C)cc(OCCNC(=O)Cc2ccc(C)cc2C)c1. The molecule has 0 fully saturated rings. The van der Waals surface area contributed by atoms with Crippen LogP contribution in [0.5, 0.6) is 5.75 Å². The van der Waals surface area contributed by atoms with Crippen LogP contribution in [0.15, 0.2) is 36.4 Å². The summed E-state index contributed by atoms with van der Waals surface area (Å²) >= 11 is 0. The average Bonchev–Trinajstić information content (AvgIpc) is 2.46. The highest BCUT2D eigenvalue weighted by molar-refractivity contribution is 5.78. The summed E-state index contributed by atoms with van der Waals surface area (Å²) < 4.78 is 5.69. The molecule has 0 bridgehead atoms. The van der Waals surface area contributed by atoms with Crippen LogP contribution in [0.4, 0.5) is 0 Å². The van der Waals surface area contributed by atoms with E-state index in [1.54, 1.807) is 0 Å². The van der Waals surface area contributed by atoms with Crippen molar-refractivity contribution < 1.29 is 9.53 Å². The number of hydrogen-bond acceptors (Lipinski definition) is 2. The Hall–Kier alpha value is -2.29. The van der Waals surface area contributed by atoms with Gasteiger partial charge in [0, 0.05) is 0 Å². The Morgan fingerprint density at radius 1 is 0.957 bits per heavy atom. The maximum absolute atomic E-state index is 12.0. The van der Waals surface area contributed by atoms with Crippen molar-refractivity contribution in [3.63, 3.8) is 0 Å². The molecule has 0 atom stereocenters. The first-order chi connectivity index (χ1) is 10.9. The number of ether oxygens (including phenoxy) is 1. The van der Waals surface area contributed by atoms with Gasteiger partial charge in [-0.05, 0) is 62.1 Å². The predicted octanol–water partition coefficient (Wildman–Crippen LogP) is 3.66. The van der Waals surface area contributed by atoms with E-state index in [-0.39, 0.29) is 5.91 Å². The van der Waals surface area contributed by atoms with E-state index in [1.807, 2.05) is 45.0 Å². The molecule has 2 aromatic carbocycles. The van der Waals surface area contributed by atoms with Crippen LogP contribution in [0, 0.1) is 27.7 Å². The Bertz CT molecular complexity index is 672. The molecule has 0 aliphatic heterocycles. The van der Waals surface area contributed by atoms with Gasteiger partial charge in [-0.15, -0.1) is 0 Å². The number of nitrogens with one attached hydrogen (secondary N) is 1. The topological polar surface area (TPSA) is 38.3 Å². The maximum Gasteiger partial charge on any atom is 0.224 e. The molecule has 0 aliphatic rings. The number of hydrogen-bond donors (Lipinski definition) is 1. The quantitative estimate of drug-likeness (QED) is 0.827. The molecular weight excluding hydrogens is 286 g/mol. The molecule has 2 rings (SSSR count). The molecule has 2 aromatic rings. The molecule has 3 nitrogen and oxygen atoms in total. The lowest BCUT2D eigenvalue weighted by molar-refractivity contribution is -0.120. The van der Waals surface area contributed by atoms with Gasteiger partial charge in [0.25, 0.3) is 0 Å². The van der Waals surface area contributed by atoms with Crippen LogP contribution in [0.1, 0.15) is 27.8 Å². The van der Waals surface area contributed by atoms with Gasteiger partial charge < -0.3 is 10.1 Å². The molecule has 0 spiro atoms. The second kappa shape index (κ2) is 7.82. The number of carbonyl (C=O) groups excluding carboxylic acids is 1. The third kappa shape index (κ3) is 5.44. The minimum atomic E-state index is 0.0287. The highest BCUT2D eigenvalue weighted by atomic mass is 16.5. The van der Waals surface area contributed by atoms with Crippen LogP contribution in [-0.2, 0) is 11.2 Å². The second-order valence-corrected chi connectivity index (χ2v) is 6.13. The summed E-state index contributed by atoms with van der Waals surface area (Å²) in [7, 11) is 0. The van der Waals surface area contributed by atoms with Gasteiger partial charge in [-0.2, -0.15) is 0 Å². The first kappa shape index (κ1) is 17.1. The number of aryl methyl sites for hydroxylation is 4. The van der Waals surface area contributed by atoms with Gasteiger partial charge in [0.15, 0.2) is 0 Å². The largest absolute Gasteiger partial charge is 0.492 e. The van der Waals surface area contributed by atoms with Crippen LogP contribution < -0.4 is 10.1 Å². The number of amides is 1. The highest BCUT2D eigenvalue weighted by Gasteiger charge is 2.06. The normalized spacial score (nSPS) is 10.4. The van der Waals surface area contributed by atoms with Gasteiger partial charge in [-0.25, -0.2) is 0 Å². The fraction of sp³-hybridized carbons (Fsp3) is 0.350. The van der Waals surface area contributed by atoms with Crippen molar-refractivity contribution in [2.24, 2.45) is 0 Å². The van der Waals surface area contributed by atoms with Gasteiger partial charge in [0.2, 0.25) is 5.91 Å². The van der Waals surface area contributed by atoms with Crippen molar-refractivity contribution >= 4 is 5.91 Å². The minimum absolute atomic E-state index is 0.0287. The molecule has 122 valence electrons. The maximum atomic E-state index is 12.0. The van der Waals surface area contributed by atoms with E-state index in [0.29, 0.717) is 19.6 Å². The van der Waals surface area contributed by atoms with E-state index in [0.717, 1.165) is 16.9 Å². The zero-order chi connectivity index (χ0) is 16.8. The van der Waals surface area contributed by atoms with E-state index in [1.165, 1.54) is 16.7 Å². The fourth-order valence-corrected chi connectivity index (χ4v) is 2.66. The molecule has 0 saturated carbocycles. The lowest BCUT2D eigenvalue weighted by Crippen LogP contribution is -2.29. The molecule has 0 heterocycles. The molecule has 0 aliphatic carbocycles. The van der Waals surface area contributed by atoms with Crippen molar-refractivity contribution in [1.29, 1.82) is 0 Å². The Morgan fingerprint density at radius 2 is 1.65 bits per heavy atom. The summed E-state index contributed by atoms with van der Waals surface area (Å²) in [5.74, 6) is 0.882. The van der Waals surface area contributed by atoms with Crippen molar-refractivity contribution in [1.82, 2.24) is 5.32 Å². The summed E-state index contributed by atoms with van der Waals surface area (Å²) in [5.41, 5.74) is 5.81. The van der Waals surface area contributed by atoms with Crippen molar-refractivity contribution in [2.75, 3.05) is 13.2 Å². The molecule has 0 unspecified atom stereocenters. The van der Waals surface area contributed by atoms with E-state index in [9.17, 15) is 4.79 Å². The fourth-order valence-electron chi connectivity index (χ4n) is 2.66. The van der Waals surface area contributed by atoms with Crippen LogP contribution in [0.25, 0.3) is 0 Å². The van der Waals surface area contributed by atoms with Crippen LogP contribution in [0.3, 0.4) is 0 Å². The molecule has 1 N–H and O–H groups in total. The van der Waals surface area contributed by atoms with E-state index >= 15 is 0 Å². The van der Waals surface area contributed by atoms with E-state index in [4.69, 9.17) is 4.74 Å². The molecule has 0 saturated heterocycles. The lowest BCUT2D eigenvalue weighted by Gasteiger charge is -2.10. The van der Waals surface area contributed by atoms with Gasteiger partial charge in [0.1, 0.15) is 12.4 Å². The van der Waals surface area contributed by atoms with Gasteiger partial charge >= 0.3 is 0 Å². The molecule has 0 aromatic heterocycles. The first-order valence-electron chi connectivity index (χ1n) is 7.98. The van der Waals surface area contributed by atoms with Crippen LogP contribution in [0.2, 0.25) is 0 Å². The lowest BCUT2D eigenvalue weighted by atomic mass is 10.0. The average molecular weight is 311 g/mol. The Balaban J connectivity index is 1.76. The third-order valence-electron chi connectivity index (χ3n) is 3.74. The Kier molecular flexibility index (Phi) is 5.80. The van der Waals surface area contributed by atoms with Gasteiger partial charge in [0.05, 0.1) is 13.0 Å². The zero-order valence-electron chi connectivity index (χ0n) is 14.4. The summed E-state index contributed by atoms with van der Waals surface area (Å²) in [6.45, 7) is 9.18. The van der Waals surface area contributed by atoms with Crippen LogP contribution >= 0.6 is 0 Å². The van der Waals surface area contributed by atoms with E-state index in [2.05, 4.69) is 24.4 Å². The smallest absolute Gasteiger partial charge is 0.224 e. The van der Waals surface area contributed by atoms with Gasteiger partial charge in [-0.1, -0.05) is 29.8 Å². The first-order valence-corrected chi connectivity index (χ1v) is 7.98. The number of carbonyl (C=O) groups is 1. The van der Waals surface area contributed by atoms with Crippen molar-refractivity contribution in [2.45, 2.75) is 34.1 Å². The predicted molar refractivity (Wildman–Crippen MR) is 94.0 cm³/mol.